The summed E-state index contributed by atoms with van der Waals surface area (Å²) in [4.78, 5) is 30.4. The van der Waals surface area contributed by atoms with Crippen LogP contribution in [-0.2, 0) is 4.79 Å². The first-order chi connectivity index (χ1) is 17.8. The number of carbonyl (C=O) groups is 1. The SMILES string of the molecule is Cc1nc2c(OCC(=O)Nc3ccc(F)cc3)cccn2c(=O)c1-c1cc(C)n(-c2cccc(Cl)c2)n1. The van der Waals surface area contributed by atoms with Crippen LogP contribution >= 0.6 is 11.6 Å². The zero-order valence-electron chi connectivity index (χ0n) is 19.9. The molecule has 3 aromatic heterocycles. The number of aryl methyl sites for hydroxylation is 2. The summed E-state index contributed by atoms with van der Waals surface area (Å²) in [5.74, 6) is -0.571. The van der Waals surface area contributed by atoms with Crippen molar-refractivity contribution in [1.29, 1.82) is 0 Å². The van der Waals surface area contributed by atoms with Crippen molar-refractivity contribution >= 4 is 28.8 Å². The molecule has 0 unspecified atom stereocenters. The van der Waals surface area contributed by atoms with Crippen LogP contribution in [-0.4, -0.2) is 31.7 Å². The van der Waals surface area contributed by atoms with Gasteiger partial charge in [-0.3, -0.25) is 14.0 Å². The van der Waals surface area contributed by atoms with E-state index in [1.165, 1.54) is 28.7 Å². The van der Waals surface area contributed by atoms with Crippen LogP contribution < -0.4 is 15.6 Å². The smallest absolute Gasteiger partial charge is 0.267 e. The Bertz CT molecular complexity index is 1700. The highest BCUT2D eigenvalue weighted by atomic mass is 35.5. The van der Waals surface area contributed by atoms with Crippen LogP contribution in [0.1, 0.15) is 11.4 Å². The highest BCUT2D eigenvalue weighted by Gasteiger charge is 2.19. The van der Waals surface area contributed by atoms with E-state index >= 15 is 0 Å². The molecule has 0 saturated carbocycles. The minimum atomic E-state index is -0.439. The second-order valence-electron chi connectivity index (χ2n) is 8.35. The maximum absolute atomic E-state index is 13.5. The van der Waals surface area contributed by atoms with Gasteiger partial charge in [-0.25, -0.2) is 14.1 Å². The largest absolute Gasteiger partial charge is 0.480 e. The Morgan fingerprint density at radius 3 is 2.62 bits per heavy atom. The number of nitrogens with one attached hydrogen (secondary N) is 1. The lowest BCUT2D eigenvalue weighted by Crippen LogP contribution is -2.22. The van der Waals surface area contributed by atoms with Crippen LogP contribution in [0.4, 0.5) is 10.1 Å². The predicted molar refractivity (Wildman–Crippen MR) is 139 cm³/mol. The molecule has 0 aliphatic carbocycles. The van der Waals surface area contributed by atoms with Crippen molar-refractivity contribution in [2.75, 3.05) is 11.9 Å². The number of hydrogen-bond acceptors (Lipinski definition) is 5. The highest BCUT2D eigenvalue weighted by molar-refractivity contribution is 6.30. The number of amides is 1. The maximum Gasteiger partial charge on any atom is 0.267 e. The van der Waals surface area contributed by atoms with E-state index in [0.29, 0.717) is 27.7 Å². The molecule has 5 rings (SSSR count). The first-order valence-electron chi connectivity index (χ1n) is 11.3. The van der Waals surface area contributed by atoms with Crippen LogP contribution in [0.15, 0.2) is 77.7 Å². The fourth-order valence-corrected chi connectivity index (χ4v) is 4.17. The summed E-state index contributed by atoms with van der Waals surface area (Å²) >= 11 is 6.14. The molecule has 0 saturated heterocycles. The number of carbonyl (C=O) groups excluding carboxylic acids is 1. The molecule has 10 heteroatoms. The lowest BCUT2D eigenvalue weighted by Gasteiger charge is -2.12. The summed E-state index contributed by atoms with van der Waals surface area (Å²) in [7, 11) is 0. The lowest BCUT2D eigenvalue weighted by atomic mass is 10.1. The first kappa shape index (κ1) is 24.2. The van der Waals surface area contributed by atoms with E-state index in [-0.39, 0.29) is 23.6 Å². The van der Waals surface area contributed by atoms with Crippen molar-refractivity contribution in [1.82, 2.24) is 19.2 Å². The highest BCUT2D eigenvalue weighted by Crippen LogP contribution is 2.25. The van der Waals surface area contributed by atoms with Crippen molar-refractivity contribution in [3.8, 4) is 22.7 Å². The summed E-state index contributed by atoms with van der Waals surface area (Å²) in [6, 6.07) is 17.8. The van der Waals surface area contributed by atoms with Gasteiger partial charge in [0, 0.05) is 22.6 Å². The molecule has 1 amide bonds. The topological polar surface area (TPSA) is 90.5 Å². The number of anilines is 1. The number of aromatic nitrogens is 4. The summed E-state index contributed by atoms with van der Waals surface area (Å²) in [6.07, 6.45) is 1.58. The van der Waals surface area contributed by atoms with Crippen molar-refractivity contribution in [3.05, 3.63) is 106 Å². The molecule has 0 spiro atoms. The van der Waals surface area contributed by atoms with E-state index < -0.39 is 11.7 Å². The lowest BCUT2D eigenvalue weighted by molar-refractivity contribution is -0.118. The molecule has 2 aromatic carbocycles. The molecule has 37 heavy (non-hydrogen) atoms. The summed E-state index contributed by atoms with van der Waals surface area (Å²) in [6.45, 7) is 3.29. The van der Waals surface area contributed by atoms with Crippen molar-refractivity contribution in [2.24, 2.45) is 0 Å². The normalized spacial score (nSPS) is 11.0. The van der Waals surface area contributed by atoms with Crippen molar-refractivity contribution in [2.45, 2.75) is 13.8 Å². The molecule has 0 radical (unpaired) electrons. The van der Waals surface area contributed by atoms with Crippen LogP contribution in [0, 0.1) is 19.7 Å². The van der Waals surface area contributed by atoms with Gasteiger partial charge in [0.2, 0.25) is 0 Å². The van der Waals surface area contributed by atoms with Crippen molar-refractivity contribution < 1.29 is 13.9 Å². The molecule has 1 N–H and O–H groups in total. The molecule has 0 aliphatic rings. The second-order valence-corrected chi connectivity index (χ2v) is 8.79. The minimum absolute atomic E-state index is 0.268. The van der Waals surface area contributed by atoms with Crippen LogP contribution in [0.3, 0.4) is 0 Å². The Morgan fingerprint density at radius 2 is 1.86 bits per heavy atom. The van der Waals surface area contributed by atoms with Crippen LogP contribution in [0.2, 0.25) is 5.02 Å². The van der Waals surface area contributed by atoms with Gasteiger partial charge in [-0.05, 0) is 74.5 Å². The molecular weight excluding hydrogens is 497 g/mol. The number of ether oxygens (including phenoxy) is 1. The fourth-order valence-electron chi connectivity index (χ4n) is 3.99. The van der Waals surface area contributed by atoms with Gasteiger partial charge in [0.25, 0.3) is 11.5 Å². The number of nitrogens with zero attached hydrogens (tertiary/aromatic N) is 4. The molecule has 0 fully saturated rings. The zero-order valence-corrected chi connectivity index (χ0v) is 20.7. The average molecular weight is 518 g/mol. The van der Waals surface area contributed by atoms with E-state index in [1.807, 2.05) is 25.1 Å². The van der Waals surface area contributed by atoms with Gasteiger partial charge >= 0.3 is 0 Å². The van der Waals surface area contributed by atoms with Gasteiger partial charge in [0.15, 0.2) is 18.0 Å². The maximum atomic E-state index is 13.5. The van der Waals surface area contributed by atoms with Crippen molar-refractivity contribution in [3.63, 3.8) is 0 Å². The van der Waals surface area contributed by atoms with Gasteiger partial charge in [-0.2, -0.15) is 5.10 Å². The number of fused-ring (bicyclic) bond motifs is 1. The summed E-state index contributed by atoms with van der Waals surface area (Å²) < 4.78 is 21.8. The van der Waals surface area contributed by atoms with Gasteiger partial charge < -0.3 is 10.1 Å². The van der Waals surface area contributed by atoms with Gasteiger partial charge in [-0.15, -0.1) is 0 Å². The molecule has 3 heterocycles. The molecule has 0 bridgehead atoms. The minimum Gasteiger partial charge on any atom is -0.480 e. The molecule has 5 aromatic rings. The zero-order chi connectivity index (χ0) is 26.1. The summed E-state index contributed by atoms with van der Waals surface area (Å²) in [5, 5.41) is 7.85. The average Bonchev–Trinajstić information content (AvgIpc) is 3.25. The van der Waals surface area contributed by atoms with Crippen LogP contribution in [0.25, 0.3) is 22.6 Å². The van der Waals surface area contributed by atoms with E-state index in [1.54, 1.807) is 42.1 Å². The Labute approximate surface area is 215 Å². The van der Waals surface area contributed by atoms with Gasteiger partial charge in [0.05, 0.1) is 16.9 Å². The van der Waals surface area contributed by atoms with Crippen LogP contribution in [0.5, 0.6) is 5.75 Å². The summed E-state index contributed by atoms with van der Waals surface area (Å²) in [5.41, 5.74) is 3.29. The van der Waals surface area contributed by atoms with E-state index in [0.717, 1.165) is 11.4 Å². The standard InChI is InChI=1S/C27H21ClFN5O3/c1-16-13-22(32-34(16)21-6-3-5-18(28)14-21)25-17(2)30-26-23(7-4-12-33(26)27(25)36)37-15-24(35)31-20-10-8-19(29)9-11-20/h3-14H,15H2,1-2H3,(H,31,35). The fraction of sp³-hybridized carbons (Fsp3) is 0.111. The predicted octanol–water partition coefficient (Wildman–Crippen LogP) is 4.97. The number of hydrogen-bond donors (Lipinski definition) is 1. The van der Waals surface area contributed by atoms with E-state index in [9.17, 15) is 14.0 Å². The third-order valence-electron chi connectivity index (χ3n) is 5.68. The first-order valence-corrected chi connectivity index (χ1v) is 11.7. The third kappa shape index (κ3) is 4.94. The van der Waals surface area contributed by atoms with E-state index in [4.69, 9.17) is 16.3 Å². The van der Waals surface area contributed by atoms with E-state index in [2.05, 4.69) is 15.4 Å². The monoisotopic (exact) mass is 517 g/mol. The number of halogens is 2. The molecule has 0 aliphatic heterocycles. The molecular formula is C27H21ClFN5O3. The molecule has 186 valence electrons. The second kappa shape index (κ2) is 9.87. The quantitative estimate of drug-likeness (QED) is 0.343. The van der Waals surface area contributed by atoms with Gasteiger partial charge in [-0.1, -0.05) is 17.7 Å². The molecule has 8 nitrogen and oxygen atoms in total. The number of rotatable bonds is 6. The van der Waals surface area contributed by atoms with Gasteiger partial charge in [0.1, 0.15) is 11.5 Å². The Balaban J connectivity index is 1.44. The number of benzene rings is 2. The Kier molecular flexibility index (Phi) is 6.45. The number of pyridine rings is 1. The molecule has 0 atom stereocenters. The Hall–Kier alpha value is -4.50. The third-order valence-corrected chi connectivity index (χ3v) is 5.92. The Morgan fingerprint density at radius 1 is 1.08 bits per heavy atom.